The Bertz CT molecular complexity index is 1130. The number of H-pyrrole nitrogens is 1. The molecule has 0 bridgehead atoms. The molecule has 0 atom stereocenters. The van der Waals surface area contributed by atoms with Crippen molar-refractivity contribution in [2.24, 2.45) is 0 Å². The second kappa shape index (κ2) is 8.69. The third-order valence-corrected chi connectivity index (χ3v) is 4.95. The lowest BCUT2D eigenvalue weighted by atomic mass is 9.99. The highest BCUT2D eigenvalue weighted by Crippen LogP contribution is 2.33. The van der Waals surface area contributed by atoms with Crippen LogP contribution >= 0.6 is 0 Å². The summed E-state index contributed by atoms with van der Waals surface area (Å²) < 4.78 is 13.4. The van der Waals surface area contributed by atoms with E-state index in [-0.39, 0.29) is 11.7 Å². The van der Waals surface area contributed by atoms with E-state index in [0.717, 1.165) is 16.7 Å². The van der Waals surface area contributed by atoms with Gasteiger partial charge in [-0.25, -0.2) is 4.39 Å². The lowest BCUT2D eigenvalue weighted by molar-refractivity contribution is 0.0747. The summed E-state index contributed by atoms with van der Waals surface area (Å²) in [5.74, 6) is -0.468. The SMILES string of the molecule is CCN(Cc1ccccc1)C(=O)c1[nH]nc(-c2ccc(F)cc2)c1-c1ccncc1. The van der Waals surface area contributed by atoms with Gasteiger partial charge in [-0.15, -0.1) is 0 Å². The number of benzene rings is 2. The smallest absolute Gasteiger partial charge is 0.272 e. The first kappa shape index (κ1) is 19.5. The van der Waals surface area contributed by atoms with E-state index in [1.54, 1.807) is 29.4 Å². The van der Waals surface area contributed by atoms with Gasteiger partial charge < -0.3 is 4.90 Å². The molecule has 0 saturated heterocycles. The number of aromatic nitrogens is 3. The molecular weight excluding hydrogens is 379 g/mol. The summed E-state index contributed by atoms with van der Waals surface area (Å²) in [5, 5.41) is 7.35. The van der Waals surface area contributed by atoms with Gasteiger partial charge in [0.05, 0.1) is 0 Å². The van der Waals surface area contributed by atoms with Gasteiger partial charge in [0.25, 0.3) is 5.91 Å². The second-order valence-corrected chi connectivity index (χ2v) is 6.87. The van der Waals surface area contributed by atoms with Gasteiger partial charge in [0.2, 0.25) is 0 Å². The van der Waals surface area contributed by atoms with E-state index in [9.17, 15) is 9.18 Å². The summed E-state index contributed by atoms with van der Waals surface area (Å²) in [6.45, 7) is 3.00. The van der Waals surface area contributed by atoms with E-state index < -0.39 is 0 Å². The quantitative estimate of drug-likeness (QED) is 0.499. The molecule has 0 aliphatic rings. The fourth-order valence-corrected chi connectivity index (χ4v) is 3.40. The van der Waals surface area contributed by atoms with Gasteiger partial charge in [0.1, 0.15) is 17.2 Å². The summed E-state index contributed by atoms with van der Waals surface area (Å²) in [6, 6.07) is 19.6. The average Bonchev–Trinajstić information content (AvgIpc) is 3.24. The van der Waals surface area contributed by atoms with Crippen LogP contribution in [0.25, 0.3) is 22.4 Å². The van der Waals surface area contributed by atoms with Crippen LogP contribution in [0, 0.1) is 5.82 Å². The number of carbonyl (C=O) groups is 1. The molecule has 2 aromatic carbocycles. The minimum atomic E-state index is -0.323. The van der Waals surface area contributed by atoms with Gasteiger partial charge >= 0.3 is 0 Å². The number of halogens is 1. The lowest BCUT2D eigenvalue weighted by Gasteiger charge is -2.21. The molecule has 4 aromatic rings. The Hall–Kier alpha value is -3.80. The molecule has 0 fully saturated rings. The highest BCUT2D eigenvalue weighted by Gasteiger charge is 2.25. The highest BCUT2D eigenvalue weighted by atomic mass is 19.1. The Balaban J connectivity index is 1.77. The van der Waals surface area contributed by atoms with Gasteiger partial charge in [-0.3, -0.25) is 14.9 Å². The van der Waals surface area contributed by atoms with E-state index >= 15 is 0 Å². The van der Waals surface area contributed by atoms with Crippen LogP contribution in [0.5, 0.6) is 0 Å². The monoisotopic (exact) mass is 400 g/mol. The molecule has 30 heavy (non-hydrogen) atoms. The van der Waals surface area contributed by atoms with Crippen LogP contribution < -0.4 is 0 Å². The Morgan fingerprint density at radius 1 is 0.967 bits per heavy atom. The summed E-state index contributed by atoms with van der Waals surface area (Å²) in [7, 11) is 0. The molecule has 2 aromatic heterocycles. The van der Waals surface area contributed by atoms with Crippen LogP contribution in [0.2, 0.25) is 0 Å². The van der Waals surface area contributed by atoms with E-state index in [2.05, 4.69) is 15.2 Å². The largest absolute Gasteiger partial charge is 0.333 e. The van der Waals surface area contributed by atoms with Crippen LogP contribution in [-0.4, -0.2) is 32.5 Å². The van der Waals surface area contributed by atoms with Crippen LogP contribution in [0.3, 0.4) is 0 Å². The first-order valence-electron chi connectivity index (χ1n) is 9.75. The summed E-state index contributed by atoms with van der Waals surface area (Å²) in [4.78, 5) is 19.3. The van der Waals surface area contributed by atoms with Crippen molar-refractivity contribution >= 4 is 5.91 Å². The van der Waals surface area contributed by atoms with E-state index in [4.69, 9.17) is 0 Å². The second-order valence-electron chi connectivity index (χ2n) is 6.87. The van der Waals surface area contributed by atoms with Crippen molar-refractivity contribution in [3.63, 3.8) is 0 Å². The maximum Gasteiger partial charge on any atom is 0.272 e. The van der Waals surface area contributed by atoms with Crippen LogP contribution in [-0.2, 0) is 6.54 Å². The Morgan fingerprint density at radius 2 is 1.67 bits per heavy atom. The normalized spacial score (nSPS) is 10.7. The molecule has 150 valence electrons. The number of nitrogens with one attached hydrogen (secondary N) is 1. The lowest BCUT2D eigenvalue weighted by Crippen LogP contribution is -2.31. The Morgan fingerprint density at radius 3 is 2.33 bits per heavy atom. The number of hydrogen-bond acceptors (Lipinski definition) is 3. The van der Waals surface area contributed by atoms with Crippen molar-refractivity contribution in [3.05, 3.63) is 96.2 Å². The van der Waals surface area contributed by atoms with E-state index in [1.807, 2.05) is 49.4 Å². The predicted molar refractivity (Wildman–Crippen MR) is 114 cm³/mol. The molecule has 5 nitrogen and oxygen atoms in total. The number of hydrogen-bond donors (Lipinski definition) is 1. The number of pyridine rings is 1. The molecule has 0 unspecified atom stereocenters. The number of nitrogens with zero attached hydrogens (tertiary/aromatic N) is 3. The molecule has 1 N–H and O–H groups in total. The van der Waals surface area contributed by atoms with Crippen molar-refractivity contribution in [2.45, 2.75) is 13.5 Å². The zero-order valence-corrected chi connectivity index (χ0v) is 16.5. The molecule has 0 aliphatic carbocycles. The number of rotatable bonds is 6. The molecule has 0 spiro atoms. The molecular formula is C24H21FN4O. The van der Waals surface area contributed by atoms with Gasteiger partial charge in [-0.1, -0.05) is 30.3 Å². The molecule has 2 heterocycles. The molecule has 0 aliphatic heterocycles. The molecule has 4 rings (SSSR count). The maximum atomic E-state index is 13.5. The first-order chi connectivity index (χ1) is 14.7. The van der Waals surface area contributed by atoms with E-state index in [0.29, 0.717) is 30.0 Å². The van der Waals surface area contributed by atoms with E-state index in [1.165, 1.54) is 12.1 Å². The van der Waals surface area contributed by atoms with Crippen LogP contribution in [0.15, 0.2) is 79.1 Å². The third kappa shape index (κ3) is 3.98. The summed E-state index contributed by atoms with van der Waals surface area (Å²) in [6.07, 6.45) is 3.35. The third-order valence-electron chi connectivity index (χ3n) is 4.95. The molecule has 6 heteroatoms. The predicted octanol–water partition coefficient (Wildman–Crippen LogP) is 4.94. The fourth-order valence-electron chi connectivity index (χ4n) is 3.40. The number of carbonyl (C=O) groups excluding carboxylic acids is 1. The average molecular weight is 400 g/mol. The van der Waals surface area contributed by atoms with Gasteiger partial charge in [0, 0.05) is 36.6 Å². The highest BCUT2D eigenvalue weighted by molar-refractivity contribution is 6.02. The molecule has 0 saturated carbocycles. The summed E-state index contributed by atoms with van der Waals surface area (Å²) >= 11 is 0. The maximum absolute atomic E-state index is 13.5. The van der Waals surface area contributed by atoms with Crippen LogP contribution in [0.1, 0.15) is 23.0 Å². The van der Waals surface area contributed by atoms with Crippen molar-refractivity contribution in [1.29, 1.82) is 0 Å². The Kier molecular flexibility index (Phi) is 5.66. The minimum absolute atomic E-state index is 0.144. The van der Waals surface area contributed by atoms with Crippen molar-refractivity contribution in [1.82, 2.24) is 20.1 Å². The minimum Gasteiger partial charge on any atom is -0.333 e. The van der Waals surface area contributed by atoms with Gasteiger partial charge in [0.15, 0.2) is 0 Å². The fraction of sp³-hybridized carbons (Fsp3) is 0.125. The van der Waals surface area contributed by atoms with Crippen molar-refractivity contribution in [3.8, 4) is 22.4 Å². The van der Waals surface area contributed by atoms with Crippen molar-refractivity contribution in [2.75, 3.05) is 6.54 Å². The molecule has 0 radical (unpaired) electrons. The molecule has 1 amide bonds. The van der Waals surface area contributed by atoms with Gasteiger partial charge in [-0.05, 0) is 54.4 Å². The van der Waals surface area contributed by atoms with Crippen LogP contribution in [0.4, 0.5) is 4.39 Å². The topological polar surface area (TPSA) is 61.9 Å². The number of aromatic amines is 1. The first-order valence-corrected chi connectivity index (χ1v) is 9.75. The Labute approximate surface area is 174 Å². The summed E-state index contributed by atoms with van der Waals surface area (Å²) in [5.41, 5.74) is 4.28. The zero-order valence-electron chi connectivity index (χ0n) is 16.5. The number of amides is 1. The standard InChI is InChI=1S/C24H21FN4O/c1-2-29(16-17-6-4-3-5-7-17)24(30)23-21(18-12-14-26-15-13-18)22(27-28-23)19-8-10-20(25)11-9-19/h3-15H,2,16H2,1H3,(H,27,28). The van der Waals surface area contributed by atoms with Gasteiger partial charge in [-0.2, -0.15) is 5.10 Å². The van der Waals surface area contributed by atoms with Crippen molar-refractivity contribution < 1.29 is 9.18 Å². The zero-order chi connectivity index (χ0) is 20.9.